The Labute approximate surface area is 68.5 Å². The lowest BCUT2D eigenvalue weighted by atomic mass is 10.4. The Morgan fingerprint density at radius 3 is 1.91 bits per heavy atom. The summed E-state index contributed by atoms with van der Waals surface area (Å²) in [4.78, 5) is 0. The van der Waals surface area contributed by atoms with Crippen LogP contribution in [0.1, 0.15) is 34.6 Å². The van der Waals surface area contributed by atoms with E-state index in [1.807, 2.05) is 34.6 Å². The van der Waals surface area contributed by atoms with Gasteiger partial charge in [0.25, 0.3) is 0 Å². The van der Waals surface area contributed by atoms with E-state index in [-0.39, 0.29) is 0 Å². The fourth-order valence-electron chi connectivity index (χ4n) is 0.592. The van der Waals surface area contributed by atoms with Crippen molar-refractivity contribution in [1.82, 2.24) is 0 Å². The van der Waals surface area contributed by atoms with E-state index in [4.69, 9.17) is 9.47 Å². The molecule has 0 bridgehead atoms. The zero-order valence-corrected chi connectivity index (χ0v) is 7.89. The molecule has 0 aromatic rings. The minimum absolute atomic E-state index is 0.804. The Bertz CT molecular complexity index is 178. The Balaban J connectivity index is 0.000000461. The van der Waals surface area contributed by atoms with Crippen LogP contribution in [0.3, 0.4) is 0 Å². The monoisotopic (exact) mass is 156 g/mol. The fraction of sp³-hybridized carbons (Fsp3) is 0.556. The summed E-state index contributed by atoms with van der Waals surface area (Å²) in [7, 11) is 0. The molecule has 11 heavy (non-hydrogen) atoms. The van der Waals surface area contributed by atoms with Crippen molar-refractivity contribution in [3.8, 4) is 0 Å². The maximum Gasteiger partial charge on any atom is 0.138 e. The van der Waals surface area contributed by atoms with Crippen LogP contribution in [0.25, 0.3) is 0 Å². The lowest BCUT2D eigenvalue weighted by Gasteiger charge is -2.14. The van der Waals surface area contributed by atoms with Crippen LogP contribution in [-0.4, -0.2) is 0 Å². The number of hydrogen-bond donors (Lipinski definition) is 0. The Morgan fingerprint density at radius 1 is 1.00 bits per heavy atom. The third-order valence-electron chi connectivity index (χ3n) is 1.21. The summed E-state index contributed by atoms with van der Waals surface area (Å²) in [6.07, 6.45) is 1.60. The SMILES string of the molecule is CC.CC1=COC(C)=C(C)O1. The first-order valence-electron chi connectivity index (χ1n) is 3.89. The van der Waals surface area contributed by atoms with Crippen LogP contribution >= 0.6 is 0 Å². The summed E-state index contributed by atoms with van der Waals surface area (Å²) in [5.41, 5.74) is 0. The molecule has 0 N–H and O–H groups in total. The molecule has 0 aromatic carbocycles. The van der Waals surface area contributed by atoms with E-state index >= 15 is 0 Å². The smallest absolute Gasteiger partial charge is 0.138 e. The highest BCUT2D eigenvalue weighted by Gasteiger charge is 2.05. The van der Waals surface area contributed by atoms with E-state index < -0.39 is 0 Å². The topological polar surface area (TPSA) is 18.5 Å². The molecule has 0 unspecified atom stereocenters. The van der Waals surface area contributed by atoms with Crippen LogP contribution in [-0.2, 0) is 9.47 Å². The highest BCUT2D eigenvalue weighted by atomic mass is 16.5. The van der Waals surface area contributed by atoms with Crippen molar-refractivity contribution >= 4 is 0 Å². The lowest BCUT2D eigenvalue weighted by Crippen LogP contribution is -1.98. The molecule has 0 fully saturated rings. The van der Waals surface area contributed by atoms with Crippen molar-refractivity contribution in [3.63, 3.8) is 0 Å². The second kappa shape index (κ2) is 4.83. The average Bonchev–Trinajstić information content (AvgIpc) is 2.02. The summed E-state index contributed by atoms with van der Waals surface area (Å²) in [6, 6.07) is 0. The largest absolute Gasteiger partial charge is 0.463 e. The summed E-state index contributed by atoms with van der Waals surface area (Å²) >= 11 is 0. The van der Waals surface area contributed by atoms with Crippen molar-refractivity contribution in [1.29, 1.82) is 0 Å². The number of ether oxygens (including phenoxy) is 2. The Hall–Kier alpha value is -0.920. The van der Waals surface area contributed by atoms with Crippen molar-refractivity contribution in [2.24, 2.45) is 0 Å². The Kier molecular flexibility index (Phi) is 4.42. The van der Waals surface area contributed by atoms with Gasteiger partial charge < -0.3 is 9.47 Å². The van der Waals surface area contributed by atoms with E-state index in [0.717, 1.165) is 17.3 Å². The predicted molar refractivity (Wildman–Crippen MR) is 45.6 cm³/mol. The fourth-order valence-corrected chi connectivity index (χ4v) is 0.592. The van der Waals surface area contributed by atoms with E-state index in [1.165, 1.54) is 0 Å². The van der Waals surface area contributed by atoms with Gasteiger partial charge in [-0.3, -0.25) is 0 Å². The van der Waals surface area contributed by atoms with Crippen LogP contribution in [0.2, 0.25) is 0 Å². The normalized spacial score (nSPS) is 15.5. The van der Waals surface area contributed by atoms with Gasteiger partial charge in [-0.1, -0.05) is 13.8 Å². The van der Waals surface area contributed by atoms with Gasteiger partial charge in [0, 0.05) is 0 Å². The van der Waals surface area contributed by atoms with Gasteiger partial charge in [0.05, 0.1) is 0 Å². The standard InChI is InChI=1S/C7H10O2.C2H6/c1-5-4-8-6(2)7(3)9-5;1-2/h4H,1-3H3;1-2H3. The van der Waals surface area contributed by atoms with Crippen molar-refractivity contribution in [2.45, 2.75) is 34.6 Å². The number of rotatable bonds is 0. The maximum absolute atomic E-state index is 5.21. The van der Waals surface area contributed by atoms with Crippen LogP contribution < -0.4 is 0 Å². The Morgan fingerprint density at radius 2 is 1.55 bits per heavy atom. The van der Waals surface area contributed by atoms with E-state index in [1.54, 1.807) is 6.26 Å². The first-order valence-corrected chi connectivity index (χ1v) is 3.89. The first kappa shape index (κ1) is 10.1. The molecule has 0 saturated heterocycles. The van der Waals surface area contributed by atoms with E-state index in [9.17, 15) is 0 Å². The molecule has 0 aliphatic carbocycles. The van der Waals surface area contributed by atoms with Crippen LogP contribution in [0.5, 0.6) is 0 Å². The quantitative estimate of drug-likeness (QED) is 0.536. The third kappa shape index (κ3) is 3.12. The number of allylic oxidation sites excluding steroid dienone is 3. The molecule has 2 heteroatoms. The van der Waals surface area contributed by atoms with E-state index in [0.29, 0.717) is 0 Å². The van der Waals surface area contributed by atoms with Crippen LogP contribution in [0, 0.1) is 0 Å². The zero-order valence-electron chi connectivity index (χ0n) is 7.89. The lowest BCUT2D eigenvalue weighted by molar-refractivity contribution is 0.202. The van der Waals surface area contributed by atoms with Crippen LogP contribution in [0.15, 0.2) is 23.5 Å². The summed E-state index contributed by atoms with van der Waals surface area (Å²) < 4.78 is 10.3. The maximum atomic E-state index is 5.21. The van der Waals surface area contributed by atoms with Gasteiger partial charge in [-0.2, -0.15) is 0 Å². The molecule has 0 amide bonds. The molecule has 2 nitrogen and oxygen atoms in total. The average molecular weight is 156 g/mol. The molecule has 0 spiro atoms. The summed E-state index contributed by atoms with van der Waals surface area (Å²) in [5.74, 6) is 2.48. The molecule has 1 aliphatic rings. The van der Waals surface area contributed by atoms with Gasteiger partial charge in [-0.15, -0.1) is 0 Å². The molecule has 64 valence electrons. The predicted octanol–water partition coefficient (Wildman–Crippen LogP) is 3.17. The molecule has 0 saturated carbocycles. The van der Waals surface area contributed by atoms with E-state index in [2.05, 4.69) is 0 Å². The minimum Gasteiger partial charge on any atom is -0.463 e. The zero-order chi connectivity index (χ0) is 8.85. The molecule has 0 aromatic heterocycles. The van der Waals surface area contributed by atoms with Gasteiger partial charge in [0.1, 0.15) is 23.5 Å². The van der Waals surface area contributed by atoms with Gasteiger partial charge in [-0.25, -0.2) is 0 Å². The highest BCUT2D eigenvalue weighted by molar-refractivity contribution is 5.05. The van der Waals surface area contributed by atoms with Gasteiger partial charge >= 0.3 is 0 Å². The molecule has 1 aliphatic heterocycles. The molecule has 1 heterocycles. The van der Waals surface area contributed by atoms with Crippen molar-refractivity contribution < 1.29 is 9.47 Å². The van der Waals surface area contributed by atoms with Gasteiger partial charge in [0.15, 0.2) is 0 Å². The van der Waals surface area contributed by atoms with Gasteiger partial charge in [-0.05, 0) is 20.8 Å². The molecular formula is C9H16O2. The summed E-state index contributed by atoms with van der Waals surface area (Å²) in [5, 5.41) is 0. The molecule has 1 rings (SSSR count). The van der Waals surface area contributed by atoms with Crippen molar-refractivity contribution in [2.75, 3.05) is 0 Å². The third-order valence-corrected chi connectivity index (χ3v) is 1.21. The molecule has 0 radical (unpaired) electrons. The van der Waals surface area contributed by atoms with Gasteiger partial charge in [0.2, 0.25) is 0 Å². The summed E-state index contributed by atoms with van der Waals surface area (Å²) in [6.45, 7) is 9.61. The highest BCUT2D eigenvalue weighted by Crippen LogP contribution is 2.17. The van der Waals surface area contributed by atoms with Crippen molar-refractivity contribution in [3.05, 3.63) is 23.5 Å². The second-order valence-corrected chi connectivity index (χ2v) is 2.06. The molecule has 0 atom stereocenters. The van der Waals surface area contributed by atoms with Crippen LogP contribution in [0.4, 0.5) is 0 Å². The first-order chi connectivity index (χ1) is 5.20. The molecular weight excluding hydrogens is 140 g/mol. The second-order valence-electron chi connectivity index (χ2n) is 2.06. The minimum atomic E-state index is 0.804. The number of hydrogen-bond acceptors (Lipinski definition) is 2.